The standard InChI is InChI=1S/C16H20N2O3S2/c1-3-7-14(16(19)17-13-8-5-4-6-9-13)18-23(20,21)15-11-10-12(2)22-15/h4-6,8-11,14,18H,3,7H2,1-2H3,(H,17,19). The molecule has 1 amide bonds. The number of benzene rings is 1. The van der Waals surface area contributed by atoms with Crippen LogP contribution >= 0.6 is 11.3 Å². The van der Waals surface area contributed by atoms with Crippen molar-refractivity contribution in [2.45, 2.75) is 36.9 Å². The summed E-state index contributed by atoms with van der Waals surface area (Å²) in [5.41, 5.74) is 0.643. The van der Waals surface area contributed by atoms with Gasteiger partial charge in [-0.3, -0.25) is 4.79 Å². The summed E-state index contributed by atoms with van der Waals surface area (Å²) in [6.07, 6.45) is 1.13. The molecule has 7 heteroatoms. The Kier molecular flexibility index (Phi) is 5.92. The predicted molar refractivity (Wildman–Crippen MR) is 93.1 cm³/mol. The first-order valence-corrected chi connectivity index (χ1v) is 9.67. The van der Waals surface area contributed by atoms with Crippen LogP contribution in [0, 0.1) is 6.92 Å². The van der Waals surface area contributed by atoms with Gasteiger partial charge in [-0.2, -0.15) is 4.72 Å². The van der Waals surface area contributed by atoms with Crippen LogP contribution in [0.1, 0.15) is 24.6 Å². The van der Waals surface area contributed by atoms with Gasteiger partial charge in [0.05, 0.1) is 0 Å². The summed E-state index contributed by atoms with van der Waals surface area (Å²) < 4.78 is 27.6. The van der Waals surface area contributed by atoms with Crippen LogP contribution in [0.2, 0.25) is 0 Å². The van der Waals surface area contributed by atoms with E-state index in [9.17, 15) is 13.2 Å². The monoisotopic (exact) mass is 352 g/mol. The lowest BCUT2D eigenvalue weighted by Crippen LogP contribution is -2.43. The number of para-hydroxylation sites is 1. The average Bonchev–Trinajstić information content (AvgIpc) is 2.95. The van der Waals surface area contributed by atoms with Gasteiger partial charge in [-0.05, 0) is 37.6 Å². The molecule has 2 rings (SSSR count). The van der Waals surface area contributed by atoms with E-state index in [0.717, 1.165) is 4.88 Å². The second kappa shape index (κ2) is 7.72. The highest BCUT2D eigenvalue weighted by atomic mass is 32.2. The van der Waals surface area contributed by atoms with Gasteiger partial charge in [0.25, 0.3) is 10.0 Å². The smallest absolute Gasteiger partial charge is 0.250 e. The number of hydrogen-bond acceptors (Lipinski definition) is 4. The first kappa shape index (κ1) is 17.7. The van der Waals surface area contributed by atoms with Gasteiger partial charge in [0.15, 0.2) is 0 Å². The number of amides is 1. The van der Waals surface area contributed by atoms with Gasteiger partial charge in [-0.25, -0.2) is 8.42 Å². The topological polar surface area (TPSA) is 75.3 Å². The molecule has 2 aromatic rings. The van der Waals surface area contributed by atoms with Gasteiger partial charge in [0, 0.05) is 10.6 Å². The van der Waals surface area contributed by atoms with E-state index in [4.69, 9.17) is 0 Å². The van der Waals surface area contributed by atoms with E-state index in [1.54, 1.807) is 24.3 Å². The molecule has 0 spiro atoms. The van der Waals surface area contributed by atoms with Gasteiger partial charge in [0.1, 0.15) is 10.3 Å². The van der Waals surface area contributed by atoms with Crippen LogP contribution in [0.15, 0.2) is 46.7 Å². The Bertz CT molecular complexity index is 755. The summed E-state index contributed by atoms with van der Waals surface area (Å²) in [5.74, 6) is -0.352. The van der Waals surface area contributed by atoms with Gasteiger partial charge in [0.2, 0.25) is 5.91 Å². The van der Waals surface area contributed by atoms with Crippen molar-refractivity contribution in [2.75, 3.05) is 5.32 Å². The van der Waals surface area contributed by atoms with E-state index in [1.165, 1.54) is 11.3 Å². The van der Waals surface area contributed by atoms with E-state index >= 15 is 0 Å². The summed E-state index contributed by atoms with van der Waals surface area (Å²) in [5, 5.41) is 2.74. The largest absolute Gasteiger partial charge is 0.325 e. The number of anilines is 1. The number of nitrogens with one attached hydrogen (secondary N) is 2. The van der Waals surface area contributed by atoms with E-state index in [-0.39, 0.29) is 10.1 Å². The molecule has 0 saturated heterocycles. The number of carbonyl (C=O) groups is 1. The zero-order valence-electron chi connectivity index (χ0n) is 13.1. The summed E-state index contributed by atoms with van der Waals surface area (Å²) in [7, 11) is -3.69. The molecule has 0 aliphatic rings. The molecule has 0 radical (unpaired) electrons. The average molecular weight is 352 g/mol. The molecule has 1 heterocycles. The SMILES string of the molecule is CCCC(NS(=O)(=O)c1ccc(C)s1)C(=O)Nc1ccccc1. The minimum absolute atomic E-state index is 0.226. The molecule has 1 unspecified atom stereocenters. The molecule has 5 nitrogen and oxygen atoms in total. The van der Waals surface area contributed by atoms with E-state index < -0.39 is 16.1 Å². The molecule has 0 fully saturated rings. The van der Waals surface area contributed by atoms with Crippen molar-refractivity contribution in [1.29, 1.82) is 0 Å². The van der Waals surface area contributed by atoms with Crippen LogP contribution in [0.4, 0.5) is 5.69 Å². The van der Waals surface area contributed by atoms with Crippen LogP contribution in [0.3, 0.4) is 0 Å². The molecule has 0 saturated carbocycles. The second-order valence-corrected chi connectivity index (χ2v) is 8.41. The van der Waals surface area contributed by atoms with Gasteiger partial charge in [-0.15, -0.1) is 11.3 Å². The van der Waals surface area contributed by atoms with Crippen LogP contribution in [-0.4, -0.2) is 20.4 Å². The van der Waals surface area contributed by atoms with Crippen molar-refractivity contribution in [3.05, 3.63) is 47.3 Å². The number of aryl methyl sites for hydroxylation is 1. The number of rotatable bonds is 7. The summed E-state index contributed by atoms with van der Waals surface area (Å²) in [6, 6.07) is 11.5. The fraction of sp³-hybridized carbons (Fsp3) is 0.312. The molecule has 2 N–H and O–H groups in total. The van der Waals surface area contributed by atoms with Crippen molar-refractivity contribution < 1.29 is 13.2 Å². The van der Waals surface area contributed by atoms with Crippen molar-refractivity contribution in [1.82, 2.24) is 4.72 Å². The van der Waals surface area contributed by atoms with Crippen LogP contribution in [-0.2, 0) is 14.8 Å². The van der Waals surface area contributed by atoms with Crippen molar-refractivity contribution in [2.24, 2.45) is 0 Å². The Hall–Kier alpha value is -1.70. The zero-order valence-corrected chi connectivity index (χ0v) is 14.7. The summed E-state index contributed by atoms with van der Waals surface area (Å²) >= 11 is 1.19. The quantitative estimate of drug-likeness (QED) is 0.804. The van der Waals surface area contributed by atoms with Gasteiger partial charge in [-0.1, -0.05) is 31.5 Å². The van der Waals surface area contributed by atoms with Crippen molar-refractivity contribution in [3.8, 4) is 0 Å². The Labute approximate surface area is 140 Å². The minimum atomic E-state index is -3.69. The van der Waals surface area contributed by atoms with Crippen LogP contribution in [0.25, 0.3) is 0 Å². The first-order chi connectivity index (χ1) is 10.9. The van der Waals surface area contributed by atoms with Crippen molar-refractivity contribution in [3.63, 3.8) is 0 Å². The summed E-state index contributed by atoms with van der Waals surface area (Å²) in [4.78, 5) is 13.3. The van der Waals surface area contributed by atoms with E-state index in [1.807, 2.05) is 32.0 Å². The fourth-order valence-electron chi connectivity index (χ4n) is 2.08. The number of thiophene rings is 1. The molecule has 0 aliphatic heterocycles. The molecular weight excluding hydrogens is 332 g/mol. The Morgan fingerprint density at radius 2 is 1.87 bits per heavy atom. The lowest BCUT2D eigenvalue weighted by Gasteiger charge is -2.17. The molecule has 1 aromatic carbocycles. The molecule has 0 bridgehead atoms. The van der Waals surface area contributed by atoms with Gasteiger partial charge < -0.3 is 5.32 Å². The van der Waals surface area contributed by atoms with Gasteiger partial charge >= 0.3 is 0 Å². The zero-order chi connectivity index (χ0) is 16.9. The second-order valence-electron chi connectivity index (χ2n) is 5.18. The number of sulfonamides is 1. The normalized spacial score (nSPS) is 12.8. The van der Waals surface area contributed by atoms with E-state index in [0.29, 0.717) is 18.5 Å². The first-order valence-electron chi connectivity index (χ1n) is 7.37. The summed E-state index contributed by atoms with van der Waals surface area (Å²) in [6.45, 7) is 3.75. The maximum Gasteiger partial charge on any atom is 0.250 e. The molecule has 1 atom stereocenters. The maximum absolute atomic E-state index is 12.4. The maximum atomic E-state index is 12.4. The molecule has 1 aromatic heterocycles. The Morgan fingerprint density at radius 3 is 2.43 bits per heavy atom. The highest BCUT2D eigenvalue weighted by Gasteiger charge is 2.26. The highest BCUT2D eigenvalue weighted by molar-refractivity contribution is 7.91. The van der Waals surface area contributed by atoms with Crippen molar-refractivity contribution >= 4 is 33.0 Å². The van der Waals surface area contributed by atoms with E-state index in [2.05, 4.69) is 10.0 Å². The predicted octanol–water partition coefficient (Wildman–Crippen LogP) is 3.14. The lowest BCUT2D eigenvalue weighted by molar-refractivity contribution is -0.117. The number of carbonyl (C=O) groups excluding carboxylic acids is 1. The third kappa shape index (κ3) is 4.89. The Balaban J connectivity index is 2.13. The number of hydrogen-bond donors (Lipinski definition) is 2. The molecular formula is C16H20N2O3S2. The third-order valence-corrected chi connectivity index (χ3v) is 6.18. The third-order valence-electron chi connectivity index (χ3n) is 3.21. The fourth-order valence-corrected chi connectivity index (χ4v) is 4.61. The van der Waals surface area contributed by atoms with Crippen LogP contribution in [0.5, 0.6) is 0 Å². The minimum Gasteiger partial charge on any atom is -0.325 e. The molecule has 0 aliphatic carbocycles. The molecule has 124 valence electrons. The lowest BCUT2D eigenvalue weighted by atomic mass is 10.1. The van der Waals surface area contributed by atoms with Crippen LogP contribution < -0.4 is 10.0 Å². The Morgan fingerprint density at radius 1 is 1.17 bits per heavy atom. The molecule has 23 heavy (non-hydrogen) atoms. The highest BCUT2D eigenvalue weighted by Crippen LogP contribution is 2.21.